The van der Waals surface area contributed by atoms with Gasteiger partial charge < -0.3 is 9.84 Å². The minimum Gasteiger partial charge on any atom is -0.478 e. The molecule has 0 aliphatic rings. The summed E-state index contributed by atoms with van der Waals surface area (Å²) in [5.74, 6) is -2.38. The van der Waals surface area contributed by atoms with Gasteiger partial charge in [-0.3, -0.25) is 0 Å². The van der Waals surface area contributed by atoms with E-state index >= 15 is 0 Å². The van der Waals surface area contributed by atoms with Crippen LogP contribution < -0.4 is 4.74 Å². The van der Waals surface area contributed by atoms with Crippen molar-refractivity contribution in [3.63, 3.8) is 0 Å². The van der Waals surface area contributed by atoms with Gasteiger partial charge in [-0.05, 0) is 29.8 Å². The average Bonchev–Trinajstić information content (AvgIpc) is 2.44. The van der Waals surface area contributed by atoms with Gasteiger partial charge in [0.05, 0.1) is 11.1 Å². The van der Waals surface area contributed by atoms with E-state index in [1.165, 1.54) is 6.07 Å². The van der Waals surface area contributed by atoms with Gasteiger partial charge in [-0.1, -0.05) is 18.2 Å². The Bertz CT molecular complexity index is 765. The molecule has 2 rings (SSSR count). The first-order valence-electron chi connectivity index (χ1n) is 6.29. The smallest absolute Gasteiger partial charge is 0.478 e. The Balaban J connectivity index is 2.71. The van der Waals surface area contributed by atoms with Gasteiger partial charge in [-0.15, -0.1) is 13.2 Å². The summed E-state index contributed by atoms with van der Waals surface area (Å²) in [4.78, 5) is 11.0. The summed E-state index contributed by atoms with van der Waals surface area (Å²) in [6, 6.07) is 6.08. The van der Waals surface area contributed by atoms with Crippen LogP contribution in [0.4, 0.5) is 26.3 Å². The highest BCUT2D eigenvalue weighted by Crippen LogP contribution is 2.41. The molecule has 3 nitrogen and oxygen atoms in total. The Kier molecular flexibility index (Phi) is 4.46. The molecule has 0 saturated carbocycles. The molecule has 0 aromatic heterocycles. The standard InChI is InChI=1S/C15H8F6O3/c16-14(17,18)11-6-5-8(13(22)23)7-10(11)9-3-1-2-4-12(9)24-15(19,20)21/h1-7H,(H,22,23). The number of hydrogen-bond donors (Lipinski definition) is 1. The SMILES string of the molecule is O=C(O)c1ccc(C(F)(F)F)c(-c2ccccc2OC(F)(F)F)c1. The first kappa shape index (κ1) is 17.6. The molecule has 128 valence electrons. The number of carbonyl (C=O) groups is 1. The van der Waals surface area contributed by atoms with Gasteiger partial charge in [0.1, 0.15) is 5.75 Å². The third-order valence-electron chi connectivity index (χ3n) is 2.97. The van der Waals surface area contributed by atoms with Gasteiger partial charge in [0.25, 0.3) is 0 Å². The van der Waals surface area contributed by atoms with Crippen LogP contribution in [0.5, 0.6) is 5.75 Å². The zero-order valence-corrected chi connectivity index (χ0v) is 11.6. The molecule has 0 heterocycles. The Labute approximate surface area is 131 Å². The molecule has 0 saturated heterocycles. The lowest BCUT2D eigenvalue weighted by atomic mass is 9.96. The number of alkyl halides is 6. The minimum atomic E-state index is -5.11. The lowest BCUT2D eigenvalue weighted by Crippen LogP contribution is -2.18. The van der Waals surface area contributed by atoms with Crippen LogP contribution in [-0.2, 0) is 6.18 Å². The molecular formula is C15H8F6O3. The van der Waals surface area contributed by atoms with Crippen LogP contribution >= 0.6 is 0 Å². The molecule has 0 aliphatic heterocycles. The number of rotatable bonds is 3. The first-order valence-corrected chi connectivity index (χ1v) is 6.29. The number of benzene rings is 2. The maximum atomic E-state index is 13.1. The Hall–Kier alpha value is -2.71. The number of ether oxygens (including phenoxy) is 1. The normalized spacial score (nSPS) is 12.1. The molecule has 1 N–H and O–H groups in total. The van der Waals surface area contributed by atoms with E-state index < -0.39 is 46.5 Å². The molecule has 24 heavy (non-hydrogen) atoms. The van der Waals surface area contributed by atoms with Crippen molar-refractivity contribution in [2.75, 3.05) is 0 Å². The predicted octanol–water partition coefficient (Wildman–Crippen LogP) is 4.97. The fourth-order valence-electron chi connectivity index (χ4n) is 2.05. The molecule has 0 amide bonds. The molecule has 0 atom stereocenters. The van der Waals surface area contributed by atoms with Crippen LogP contribution in [0.25, 0.3) is 11.1 Å². The van der Waals surface area contributed by atoms with Crippen molar-refractivity contribution >= 4 is 5.97 Å². The number of halogens is 6. The van der Waals surface area contributed by atoms with Crippen molar-refractivity contribution in [3.8, 4) is 16.9 Å². The third kappa shape index (κ3) is 3.98. The van der Waals surface area contributed by atoms with E-state index in [0.717, 1.165) is 24.3 Å². The monoisotopic (exact) mass is 350 g/mol. The van der Waals surface area contributed by atoms with Crippen molar-refractivity contribution in [2.45, 2.75) is 12.5 Å². The van der Waals surface area contributed by atoms with Gasteiger partial charge in [0, 0.05) is 5.56 Å². The van der Waals surface area contributed by atoms with Crippen molar-refractivity contribution in [3.05, 3.63) is 53.6 Å². The maximum absolute atomic E-state index is 13.1. The summed E-state index contributed by atoms with van der Waals surface area (Å²) in [5.41, 5.74) is -3.02. The van der Waals surface area contributed by atoms with Gasteiger partial charge in [0.15, 0.2) is 0 Å². The van der Waals surface area contributed by atoms with Crippen LogP contribution in [-0.4, -0.2) is 17.4 Å². The summed E-state index contributed by atoms with van der Waals surface area (Å²) in [5, 5.41) is 8.91. The van der Waals surface area contributed by atoms with Crippen molar-refractivity contribution < 1.29 is 41.0 Å². The maximum Gasteiger partial charge on any atom is 0.573 e. The lowest BCUT2D eigenvalue weighted by molar-refractivity contribution is -0.274. The van der Waals surface area contributed by atoms with Crippen LogP contribution in [0, 0.1) is 0 Å². The van der Waals surface area contributed by atoms with Crippen LogP contribution in [0.3, 0.4) is 0 Å². The number of carboxylic acids is 1. The van der Waals surface area contributed by atoms with Crippen molar-refractivity contribution in [1.82, 2.24) is 0 Å². The number of carboxylic acid groups (broad SMARTS) is 1. The fraction of sp³-hybridized carbons (Fsp3) is 0.133. The zero-order chi connectivity index (χ0) is 18.1. The number of para-hydroxylation sites is 1. The summed E-state index contributed by atoms with van der Waals surface area (Å²) in [6.07, 6.45) is -10.0. The summed E-state index contributed by atoms with van der Waals surface area (Å²) in [7, 11) is 0. The van der Waals surface area contributed by atoms with Gasteiger partial charge >= 0.3 is 18.5 Å². The second kappa shape index (κ2) is 6.06. The zero-order valence-electron chi connectivity index (χ0n) is 11.6. The fourth-order valence-corrected chi connectivity index (χ4v) is 2.05. The molecule has 2 aromatic carbocycles. The van der Waals surface area contributed by atoms with Crippen LogP contribution in [0.2, 0.25) is 0 Å². The highest BCUT2D eigenvalue weighted by atomic mass is 19.4. The second-order valence-corrected chi connectivity index (χ2v) is 4.61. The number of aromatic carboxylic acids is 1. The quantitative estimate of drug-likeness (QED) is 0.795. The van der Waals surface area contributed by atoms with E-state index in [1.807, 2.05) is 0 Å². The predicted molar refractivity (Wildman–Crippen MR) is 70.5 cm³/mol. The van der Waals surface area contributed by atoms with E-state index in [4.69, 9.17) is 5.11 Å². The van der Waals surface area contributed by atoms with E-state index in [2.05, 4.69) is 4.74 Å². The lowest BCUT2D eigenvalue weighted by Gasteiger charge is -2.17. The number of hydrogen-bond acceptors (Lipinski definition) is 2. The molecule has 2 aromatic rings. The Morgan fingerprint density at radius 1 is 0.917 bits per heavy atom. The molecule has 0 spiro atoms. The highest BCUT2D eigenvalue weighted by molar-refractivity contribution is 5.90. The molecule has 0 fully saturated rings. The van der Waals surface area contributed by atoms with Crippen LogP contribution in [0.1, 0.15) is 15.9 Å². The molecule has 0 aliphatic carbocycles. The molecule has 0 unspecified atom stereocenters. The van der Waals surface area contributed by atoms with E-state index in [1.54, 1.807) is 0 Å². The summed E-state index contributed by atoms with van der Waals surface area (Å²) < 4.78 is 80.4. The molecule has 0 bridgehead atoms. The van der Waals surface area contributed by atoms with E-state index in [0.29, 0.717) is 12.1 Å². The summed E-state index contributed by atoms with van der Waals surface area (Å²) >= 11 is 0. The van der Waals surface area contributed by atoms with Crippen LogP contribution in [0.15, 0.2) is 42.5 Å². The van der Waals surface area contributed by atoms with E-state index in [-0.39, 0.29) is 0 Å². The topological polar surface area (TPSA) is 46.5 Å². The van der Waals surface area contributed by atoms with Gasteiger partial charge in [-0.2, -0.15) is 13.2 Å². The average molecular weight is 350 g/mol. The second-order valence-electron chi connectivity index (χ2n) is 4.61. The van der Waals surface area contributed by atoms with E-state index in [9.17, 15) is 31.1 Å². The first-order chi connectivity index (χ1) is 11.0. The van der Waals surface area contributed by atoms with Gasteiger partial charge in [0.2, 0.25) is 0 Å². The molecular weight excluding hydrogens is 342 g/mol. The largest absolute Gasteiger partial charge is 0.573 e. The van der Waals surface area contributed by atoms with Gasteiger partial charge in [-0.25, -0.2) is 4.79 Å². The minimum absolute atomic E-state index is 0.500. The highest BCUT2D eigenvalue weighted by Gasteiger charge is 2.36. The Morgan fingerprint density at radius 2 is 1.54 bits per heavy atom. The van der Waals surface area contributed by atoms with Crippen molar-refractivity contribution in [1.29, 1.82) is 0 Å². The summed E-state index contributed by atoms with van der Waals surface area (Å²) in [6.45, 7) is 0. The Morgan fingerprint density at radius 3 is 2.08 bits per heavy atom. The molecule has 0 radical (unpaired) electrons. The van der Waals surface area contributed by atoms with Crippen molar-refractivity contribution in [2.24, 2.45) is 0 Å². The molecule has 9 heteroatoms. The third-order valence-corrected chi connectivity index (χ3v) is 2.97.